The molecule has 0 aliphatic heterocycles. The standard InChI is InChI=1S/C21H18BrN3O3S/c1-12(14-4-2-3-5-15(14)22)28-17-8-18(29-20(17)21(23)27)16-9-24-19-7-6-13(11-26)10-25(16)19/h2-10,12,26H,11H2,1H3,(H2,23,27)/t12-/m1/s1. The van der Waals surface area contributed by atoms with E-state index in [-0.39, 0.29) is 12.7 Å². The van der Waals surface area contributed by atoms with Crippen molar-refractivity contribution >= 4 is 38.8 Å². The number of nitrogens with two attached hydrogens (primary N) is 1. The summed E-state index contributed by atoms with van der Waals surface area (Å²) in [5, 5.41) is 9.43. The summed E-state index contributed by atoms with van der Waals surface area (Å²) in [5.41, 5.74) is 8.89. The SMILES string of the molecule is C[C@@H](Oc1cc(-c2cnc3ccc(CO)cn23)sc1C(N)=O)c1ccccc1Br. The van der Waals surface area contributed by atoms with Crippen molar-refractivity contribution in [2.45, 2.75) is 19.6 Å². The number of pyridine rings is 1. The molecule has 3 aromatic heterocycles. The molecule has 29 heavy (non-hydrogen) atoms. The first-order valence-corrected chi connectivity index (χ1v) is 10.5. The van der Waals surface area contributed by atoms with Gasteiger partial charge < -0.3 is 15.6 Å². The van der Waals surface area contributed by atoms with Gasteiger partial charge in [-0.05, 0) is 24.6 Å². The number of halogens is 1. The third kappa shape index (κ3) is 3.78. The molecule has 4 rings (SSSR count). The van der Waals surface area contributed by atoms with Crippen LogP contribution in [0.1, 0.15) is 33.8 Å². The Hall–Kier alpha value is -2.68. The fraction of sp³-hybridized carbons (Fsp3) is 0.143. The molecule has 1 aromatic carbocycles. The van der Waals surface area contributed by atoms with Crippen LogP contribution in [0.3, 0.4) is 0 Å². The maximum absolute atomic E-state index is 12.0. The minimum absolute atomic E-state index is 0.0671. The number of thiophene rings is 1. The Balaban J connectivity index is 1.74. The lowest BCUT2D eigenvalue weighted by Gasteiger charge is -2.16. The van der Waals surface area contributed by atoms with Crippen molar-refractivity contribution in [1.82, 2.24) is 9.38 Å². The number of rotatable bonds is 6. The van der Waals surface area contributed by atoms with Gasteiger partial charge in [-0.3, -0.25) is 9.20 Å². The minimum Gasteiger partial charge on any atom is -0.484 e. The van der Waals surface area contributed by atoms with E-state index in [0.29, 0.717) is 10.6 Å². The summed E-state index contributed by atoms with van der Waals surface area (Å²) in [6.45, 7) is 1.85. The molecule has 0 aliphatic carbocycles. The first kappa shape index (κ1) is 19.6. The number of benzene rings is 1. The number of aliphatic hydroxyl groups is 1. The number of carbonyl (C=O) groups is 1. The Morgan fingerprint density at radius 1 is 1.34 bits per heavy atom. The summed E-state index contributed by atoms with van der Waals surface area (Å²) < 4.78 is 8.93. The van der Waals surface area contributed by atoms with Crippen LogP contribution >= 0.6 is 27.3 Å². The molecule has 0 aliphatic rings. The maximum atomic E-state index is 12.0. The Morgan fingerprint density at radius 2 is 2.14 bits per heavy atom. The van der Waals surface area contributed by atoms with Crippen LogP contribution in [0.4, 0.5) is 0 Å². The van der Waals surface area contributed by atoms with Crippen molar-refractivity contribution < 1.29 is 14.6 Å². The predicted molar refractivity (Wildman–Crippen MR) is 116 cm³/mol. The van der Waals surface area contributed by atoms with Crippen molar-refractivity contribution in [2.24, 2.45) is 5.73 Å². The zero-order chi connectivity index (χ0) is 20.5. The van der Waals surface area contributed by atoms with E-state index in [1.165, 1.54) is 11.3 Å². The van der Waals surface area contributed by atoms with Crippen LogP contribution in [0.2, 0.25) is 0 Å². The molecule has 0 bridgehead atoms. The second kappa shape index (κ2) is 7.98. The van der Waals surface area contributed by atoms with Crippen LogP contribution in [0, 0.1) is 0 Å². The van der Waals surface area contributed by atoms with Gasteiger partial charge in [0.05, 0.1) is 23.4 Å². The van der Waals surface area contributed by atoms with Gasteiger partial charge in [0.1, 0.15) is 22.4 Å². The highest BCUT2D eigenvalue weighted by Crippen LogP contribution is 2.39. The van der Waals surface area contributed by atoms with Crippen LogP contribution in [0.5, 0.6) is 5.75 Å². The highest BCUT2D eigenvalue weighted by atomic mass is 79.9. The monoisotopic (exact) mass is 471 g/mol. The molecule has 148 valence electrons. The van der Waals surface area contributed by atoms with Crippen molar-refractivity contribution in [3.63, 3.8) is 0 Å². The molecule has 0 spiro atoms. The average molecular weight is 472 g/mol. The number of hydrogen-bond donors (Lipinski definition) is 2. The van der Waals surface area contributed by atoms with Gasteiger partial charge in [0.15, 0.2) is 0 Å². The number of fused-ring (bicyclic) bond motifs is 1. The number of carbonyl (C=O) groups excluding carboxylic acids is 1. The zero-order valence-corrected chi connectivity index (χ0v) is 17.9. The van der Waals surface area contributed by atoms with Crippen LogP contribution in [0.15, 0.2) is 59.3 Å². The van der Waals surface area contributed by atoms with Crippen LogP contribution < -0.4 is 10.5 Å². The van der Waals surface area contributed by atoms with Crippen LogP contribution in [-0.2, 0) is 6.61 Å². The molecule has 3 N–H and O–H groups in total. The molecule has 8 heteroatoms. The van der Waals surface area contributed by atoms with Crippen LogP contribution in [-0.4, -0.2) is 20.4 Å². The van der Waals surface area contributed by atoms with E-state index < -0.39 is 5.91 Å². The fourth-order valence-electron chi connectivity index (χ4n) is 3.12. The van der Waals surface area contributed by atoms with Gasteiger partial charge in [0.25, 0.3) is 5.91 Å². The topological polar surface area (TPSA) is 89.8 Å². The maximum Gasteiger partial charge on any atom is 0.262 e. The molecule has 1 amide bonds. The largest absolute Gasteiger partial charge is 0.484 e. The van der Waals surface area contributed by atoms with E-state index in [1.807, 2.05) is 60.0 Å². The van der Waals surface area contributed by atoms with Gasteiger partial charge >= 0.3 is 0 Å². The van der Waals surface area contributed by atoms with Crippen molar-refractivity contribution in [3.05, 3.63) is 75.3 Å². The molecule has 0 unspecified atom stereocenters. The second-order valence-corrected chi connectivity index (χ2v) is 8.42. The summed E-state index contributed by atoms with van der Waals surface area (Å²) in [7, 11) is 0. The molecule has 1 atom stereocenters. The summed E-state index contributed by atoms with van der Waals surface area (Å²) in [6, 6.07) is 13.3. The van der Waals surface area contributed by atoms with E-state index >= 15 is 0 Å². The summed E-state index contributed by atoms with van der Waals surface area (Å²) in [6.07, 6.45) is 3.27. The number of primary amides is 1. The van der Waals surface area contributed by atoms with Gasteiger partial charge in [-0.1, -0.05) is 40.2 Å². The third-order valence-electron chi connectivity index (χ3n) is 4.57. The predicted octanol–water partition coefficient (Wildman–Crippen LogP) is 4.56. The summed E-state index contributed by atoms with van der Waals surface area (Å²) in [4.78, 5) is 17.6. The van der Waals surface area contributed by atoms with Gasteiger partial charge in [-0.2, -0.15) is 0 Å². The fourth-order valence-corrected chi connectivity index (χ4v) is 4.68. The van der Waals surface area contributed by atoms with Crippen molar-refractivity contribution in [2.75, 3.05) is 0 Å². The Morgan fingerprint density at radius 3 is 2.86 bits per heavy atom. The number of imidazole rings is 1. The molecule has 4 aromatic rings. The van der Waals surface area contributed by atoms with Gasteiger partial charge in [-0.15, -0.1) is 11.3 Å². The molecular weight excluding hydrogens is 454 g/mol. The van der Waals surface area contributed by atoms with E-state index in [2.05, 4.69) is 20.9 Å². The highest BCUT2D eigenvalue weighted by Gasteiger charge is 2.21. The number of hydrogen-bond acceptors (Lipinski definition) is 5. The Bertz CT molecular complexity index is 1200. The molecule has 3 heterocycles. The second-order valence-electron chi connectivity index (χ2n) is 6.52. The lowest BCUT2D eigenvalue weighted by atomic mass is 10.1. The molecule has 0 saturated heterocycles. The van der Waals surface area contributed by atoms with Crippen molar-refractivity contribution in [1.29, 1.82) is 0 Å². The Kier molecular flexibility index (Phi) is 5.40. The minimum atomic E-state index is -0.541. The van der Waals surface area contributed by atoms with E-state index in [4.69, 9.17) is 10.5 Å². The van der Waals surface area contributed by atoms with E-state index in [9.17, 15) is 9.90 Å². The number of aromatic nitrogens is 2. The van der Waals surface area contributed by atoms with Crippen LogP contribution in [0.25, 0.3) is 16.2 Å². The molecule has 6 nitrogen and oxygen atoms in total. The molecule has 0 saturated carbocycles. The molecule has 0 fully saturated rings. The lowest BCUT2D eigenvalue weighted by Crippen LogP contribution is -2.12. The van der Waals surface area contributed by atoms with E-state index in [0.717, 1.165) is 31.8 Å². The normalized spacial score (nSPS) is 12.2. The number of ether oxygens (including phenoxy) is 1. The van der Waals surface area contributed by atoms with Crippen molar-refractivity contribution in [3.8, 4) is 16.3 Å². The smallest absolute Gasteiger partial charge is 0.262 e. The quantitative estimate of drug-likeness (QED) is 0.431. The van der Waals surface area contributed by atoms with E-state index in [1.54, 1.807) is 6.20 Å². The number of amides is 1. The lowest BCUT2D eigenvalue weighted by molar-refractivity contribution is 0.0998. The first-order chi connectivity index (χ1) is 14.0. The summed E-state index contributed by atoms with van der Waals surface area (Å²) >= 11 is 4.79. The van der Waals surface area contributed by atoms with Gasteiger partial charge in [-0.25, -0.2) is 4.98 Å². The highest BCUT2D eigenvalue weighted by molar-refractivity contribution is 9.10. The Labute approximate surface area is 179 Å². The number of nitrogens with zero attached hydrogens (tertiary/aromatic N) is 2. The zero-order valence-electron chi connectivity index (χ0n) is 15.5. The van der Waals surface area contributed by atoms with Gasteiger partial charge in [0.2, 0.25) is 0 Å². The average Bonchev–Trinajstić information content (AvgIpc) is 3.31. The molecule has 0 radical (unpaired) electrons. The third-order valence-corrected chi connectivity index (χ3v) is 6.45. The first-order valence-electron chi connectivity index (χ1n) is 8.90. The number of aliphatic hydroxyl groups excluding tert-OH is 1. The molecular formula is C21H18BrN3O3S. The van der Waals surface area contributed by atoms with Gasteiger partial charge in [0, 0.05) is 22.3 Å². The summed E-state index contributed by atoms with van der Waals surface area (Å²) in [5.74, 6) is -0.102.